The van der Waals surface area contributed by atoms with Crippen LogP contribution in [0.2, 0.25) is 0 Å². The second-order valence-electron chi connectivity index (χ2n) is 13.6. The van der Waals surface area contributed by atoms with E-state index in [4.69, 9.17) is 0 Å². The number of hydrogen-bond acceptors (Lipinski definition) is 4. The van der Waals surface area contributed by atoms with Crippen LogP contribution in [0.5, 0.6) is 0 Å². The molecule has 2 N–H and O–H groups in total. The molecule has 5 aliphatic rings. The number of hydrogen-bond donors (Lipinski definition) is 2. The van der Waals surface area contributed by atoms with Crippen LogP contribution in [0.4, 0.5) is 0 Å². The molecule has 4 nitrogen and oxygen atoms in total. The van der Waals surface area contributed by atoms with Crippen molar-refractivity contribution in [2.24, 2.45) is 51.2 Å². The average molecular weight is 457 g/mol. The quantitative estimate of drug-likeness (QED) is 0.447. The molecule has 4 unspecified atom stereocenters. The predicted octanol–water partition coefficient (Wildman–Crippen LogP) is 5.11. The van der Waals surface area contributed by atoms with Gasteiger partial charge < -0.3 is 15.0 Å². The summed E-state index contributed by atoms with van der Waals surface area (Å²) in [5.41, 5.74) is -0.523. The summed E-state index contributed by atoms with van der Waals surface area (Å²) in [4.78, 5) is 25.4. The van der Waals surface area contributed by atoms with Gasteiger partial charge in [-0.3, -0.25) is 4.79 Å². The zero-order valence-electron chi connectivity index (χ0n) is 21.3. The third-order valence-electron chi connectivity index (χ3n) is 12.4. The van der Waals surface area contributed by atoms with E-state index < -0.39 is 16.4 Å². The van der Waals surface area contributed by atoms with Crippen molar-refractivity contribution in [1.29, 1.82) is 0 Å². The standard InChI is InChI=1S/C29H44O4/c1-18-10-13-29(17-31)15-14-25(2)19-8-9-22-26(3,12-11-23(32)27(22,4)16-30)20(19)6-7-21(25)24(29)28(18,5)33/h7,17-20,22,24,30,33H,6,8-16H2,1-5H3/t18-,19?,20?,22?,24?,25+,26-,27+,28-,29-/m1/s1. The van der Waals surface area contributed by atoms with Gasteiger partial charge in [-0.15, -0.1) is 0 Å². The van der Waals surface area contributed by atoms with Crippen LogP contribution in [0.3, 0.4) is 0 Å². The minimum absolute atomic E-state index is 0.00774. The van der Waals surface area contributed by atoms with Crippen LogP contribution in [0.25, 0.3) is 0 Å². The first-order valence-electron chi connectivity index (χ1n) is 13.4. The molecule has 184 valence electrons. The Bertz CT molecular complexity index is 890. The van der Waals surface area contributed by atoms with Gasteiger partial charge in [0.2, 0.25) is 0 Å². The van der Waals surface area contributed by atoms with Gasteiger partial charge in [-0.1, -0.05) is 39.3 Å². The number of allylic oxidation sites excluding steroid dienone is 1. The molecule has 0 amide bonds. The van der Waals surface area contributed by atoms with Crippen LogP contribution in [0.15, 0.2) is 11.6 Å². The Morgan fingerprint density at radius 1 is 1.03 bits per heavy atom. The van der Waals surface area contributed by atoms with Crippen LogP contribution < -0.4 is 0 Å². The van der Waals surface area contributed by atoms with Crippen molar-refractivity contribution in [3.05, 3.63) is 11.6 Å². The smallest absolute Gasteiger partial charge is 0.141 e. The Kier molecular flexibility index (Phi) is 5.22. The normalized spacial score (nSPS) is 56.0. The van der Waals surface area contributed by atoms with Gasteiger partial charge in [0.25, 0.3) is 0 Å². The van der Waals surface area contributed by atoms with Crippen LogP contribution in [0.1, 0.15) is 92.4 Å². The summed E-state index contributed by atoms with van der Waals surface area (Å²) in [6, 6.07) is 0. The van der Waals surface area contributed by atoms with E-state index in [1.807, 2.05) is 13.8 Å². The molecule has 10 atom stereocenters. The number of fused-ring (bicyclic) bond motifs is 7. The maximum absolute atomic E-state index is 12.9. The fraction of sp³-hybridized carbons (Fsp3) is 0.862. The number of Topliss-reactive ketones (excluding diaryl/α,β-unsaturated/α-hetero) is 1. The Hall–Kier alpha value is -1.00. The van der Waals surface area contributed by atoms with Crippen LogP contribution in [0, 0.1) is 51.2 Å². The number of carbonyl (C=O) groups excluding carboxylic acids is 2. The fourth-order valence-corrected chi connectivity index (χ4v) is 10.1. The second kappa shape index (κ2) is 7.26. The highest BCUT2D eigenvalue weighted by Gasteiger charge is 2.67. The molecule has 0 aromatic carbocycles. The maximum atomic E-state index is 12.9. The highest BCUT2D eigenvalue weighted by atomic mass is 16.3. The number of aliphatic hydroxyl groups is 2. The Morgan fingerprint density at radius 3 is 2.42 bits per heavy atom. The van der Waals surface area contributed by atoms with Crippen molar-refractivity contribution in [1.82, 2.24) is 0 Å². The Labute approximate surface area is 199 Å². The second-order valence-corrected chi connectivity index (χ2v) is 13.6. The third-order valence-corrected chi connectivity index (χ3v) is 12.4. The van der Waals surface area contributed by atoms with E-state index in [0.29, 0.717) is 18.3 Å². The number of ketones is 1. The molecule has 0 spiro atoms. The van der Waals surface area contributed by atoms with Crippen molar-refractivity contribution in [3.8, 4) is 0 Å². The van der Waals surface area contributed by atoms with Crippen LogP contribution >= 0.6 is 0 Å². The summed E-state index contributed by atoms with van der Waals surface area (Å²) in [7, 11) is 0. The predicted molar refractivity (Wildman–Crippen MR) is 128 cm³/mol. The molecule has 0 aromatic rings. The third kappa shape index (κ3) is 2.83. The van der Waals surface area contributed by atoms with Gasteiger partial charge in [-0.2, -0.15) is 0 Å². The van der Waals surface area contributed by atoms with Gasteiger partial charge >= 0.3 is 0 Å². The number of aliphatic hydroxyl groups excluding tert-OH is 1. The molecule has 0 aliphatic heterocycles. The summed E-state index contributed by atoms with van der Waals surface area (Å²) in [6.07, 6.45) is 11.8. The molecule has 5 aliphatic carbocycles. The summed E-state index contributed by atoms with van der Waals surface area (Å²) >= 11 is 0. The van der Waals surface area contributed by atoms with Gasteiger partial charge in [-0.25, -0.2) is 0 Å². The van der Waals surface area contributed by atoms with Crippen molar-refractivity contribution >= 4 is 12.1 Å². The van der Waals surface area contributed by atoms with E-state index in [-0.39, 0.29) is 41.0 Å². The number of carbonyl (C=O) groups is 2. The van der Waals surface area contributed by atoms with Gasteiger partial charge in [0.1, 0.15) is 12.1 Å². The molecule has 4 heteroatoms. The lowest BCUT2D eigenvalue weighted by molar-refractivity contribution is -0.178. The molecule has 4 fully saturated rings. The molecule has 0 heterocycles. The largest absolute Gasteiger partial charge is 0.395 e. The first kappa shape index (κ1) is 23.7. The van der Waals surface area contributed by atoms with Crippen LogP contribution in [-0.4, -0.2) is 34.5 Å². The van der Waals surface area contributed by atoms with Crippen molar-refractivity contribution < 1.29 is 19.8 Å². The first-order valence-corrected chi connectivity index (χ1v) is 13.4. The molecule has 4 saturated carbocycles. The summed E-state index contributed by atoms with van der Waals surface area (Å²) in [5, 5.41) is 22.1. The van der Waals surface area contributed by atoms with E-state index in [1.165, 1.54) is 11.9 Å². The highest BCUT2D eigenvalue weighted by Crippen LogP contribution is 2.71. The lowest BCUT2D eigenvalue weighted by atomic mass is 9.37. The molecule has 0 saturated heterocycles. The minimum Gasteiger partial charge on any atom is -0.395 e. The van der Waals surface area contributed by atoms with Gasteiger partial charge in [0.05, 0.1) is 17.6 Å². The molecule has 0 aromatic heterocycles. The molecular formula is C29H44O4. The molecule has 33 heavy (non-hydrogen) atoms. The maximum Gasteiger partial charge on any atom is 0.141 e. The van der Waals surface area contributed by atoms with Gasteiger partial charge in [0, 0.05) is 17.8 Å². The van der Waals surface area contributed by atoms with E-state index in [9.17, 15) is 19.8 Å². The van der Waals surface area contributed by atoms with E-state index in [2.05, 4.69) is 26.8 Å². The number of aldehydes is 1. The number of rotatable bonds is 2. The van der Waals surface area contributed by atoms with Gasteiger partial charge in [-0.05, 0) is 92.8 Å². The minimum atomic E-state index is -0.868. The van der Waals surface area contributed by atoms with Crippen molar-refractivity contribution in [2.75, 3.05) is 6.61 Å². The zero-order chi connectivity index (χ0) is 24.0. The SMILES string of the molecule is C[C@@H]1CC[C@]2(C=O)CC[C@]3(C)C(=CCC4C3CCC3[C@]4(C)CCC(=O)[C@@]3(C)CO)C2[C@]1(C)O. The molecule has 0 radical (unpaired) electrons. The van der Waals surface area contributed by atoms with Crippen molar-refractivity contribution in [2.45, 2.75) is 98.0 Å². The lowest BCUT2D eigenvalue weighted by Crippen LogP contribution is -2.64. The van der Waals surface area contributed by atoms with E-state index >= 15 is 0 Å². The molecule has 0 bridgehead atoms. The zero-order valence-corrected chi connectivity index (χ0v) is 21.3. The average Bonchev–Trinajstić information content (AvgIpc) is 2.79. The van der Waals surface area contributed by atoms with Crippen LogP contribution in [-0.2, 0) is 9.59 Å². The fourth-order valence-electron chi connectivity index (χ4n) is 10.1. The first-order chi connectivity index (χ1) is 15.4. The lowest BCUT2D eigenvalue weighted by Gasteiger charge is -2.67. The topological polar surface area (TPSA) is 74.6 Å². The van der Waals surface area contributed by atoms with Crippen molar-refractivity contribution in [3.63, 3.8) is 0 Å². The Balaban J connectivity index is 1.58. The molecular weight excluding hydrogens is 412 g/mol. The summed E-state index contributed by atoms with van der Waals surface area (Å²) in [6.45, 7) is 10.9. The van der Waals surface area contributed by atoms with E-state index in [0.717, 1.165) is 51.4 Å². The summed E-state index contributed by atoms with van der Waals surface area (Å²) in [5.74, 6) is 1.55. The monoisotopic (exact) mass is 456 g/mol. The molecule has 5 rings (SSSR count). The van der Waals surface area contributed by atoms with E-state index in [1.54, 1.807) is 0 Å². The Morgan fingerprint density at radius 2 is 1.76 bits per heavy atom. The summed E-state index contributed by atoms with van der Waals surface area (Å²) < 4.78 is 0. The highest BCUT2D eigenvalue weighted by molar-refractivity contribution is 5.86. The van der Waals surface area contributed by atoms with Gasteiger partial charge in [0.15, 0.2) is 0 Å².